The van der Waals surface area contributed by atoms with E-state index < -0.39 is 0 Å². The van der Waals surface area contributed by atoms with Gasteiger partial charge in [0.15, 0.2) is 0 Å². The van der Waals surface area contributed by atoms with Crippen LogP contribution >= 0.6 is 0 Å². The summed E-state index contributed by atoms with van der Waals surface area (Å²) in [4.78, 5) is 0. The van der Waals surface area contributed by atoms with Crippen LogP contribution < -0.4 is 0 Å². The molecular weight excluding hydrogens is 136 g/mol. The quantitative estimate of drug-likeness (QED) is 0.423. The topological polar surface area (TPSA) is 9.23 Å². The Morgan fingerprint density at radius 3 is 2.64 bits per heavy atom. The molecule has 0 heterocycles. The minimum absolute atomic E-state index is 0.737. The fourth-order valence-corrected chi connectivity index (χ4v) is 0.691. The van der Waals surface area contributed by atoms with E-state index in [4.69, 9.17) is 4.74 Å². The number of ether oxygens (including phenoxy) is 1. The fraction of sp³-hybridized carbons (Fsp3) is 0.800. The van der Waals surface area contributed by atoms with E-state index in [0.717, 1.165) is 25.4 Å². The smallest absolute Gasteiger partial charge is 0.0873 e. The zero-order valence-electron chi connectivity index (χ0n) is 7.97. The van der Waals surface area contributed by atoms with Crippen LogP contribution in [0.1, 0.15) is 40.0 Å². The van der Waals surface area contributed by atoms with Gasteiger partial charge in [-0.15, -0.1) is 0 Å². The van der Waals surface area contributed by atoms with Crippen LogP contribution in [0, 0.1) is 5.92 Å². The molecule has 66 valence electrons. The summed E-state index contributed by atoms with van der Waals surface area (Å²) in [6, 6.07) is 0. The first-order valence-corrected chi connectivity index (χ1v) is 4.54. The molecule has 11 heavy (non-hydrogen) atoms. The molecule has 0 saturated heterocycles. The molecule has 0 aliphatic rings. The molecule has 0 bridgehead atoms. The zero-order chi connectivity index (χ0) is 8.53. The first-order valence-electron chi connectivity index (χ1n) is 4.54. The molecule has 0 spiro atoms. The summed E-state index contributed by atoms with van der Waals surface area (Å²) in [7, 11) is 0. The standard InChI is InChI=1S/C10H20O/c1-4-5-8-11-9-6-7-10(2)3/h6,9-10H,4-5,7-8H2,1-3H3. The van der Waals surface area contributed by atoms with Crippen LogP contribution in [0.25, 0.3) is 0 Å². The van der Waals surface area contributed by atoms with E-state index in [1.165, 1.54) is 6.42 Å². The number of hydrogen-bond donors (Lipinski definition) is 0. The Morgan fingerprint density at radius 2 is 2.09 bits per heavy atom. The van der Waals surface area contributed by atoms with Crippen molar-refractivity contribution in [3.8, 4) is 0 Å². The second-order valence-electron chi connectivity index (χ2n) is 3.23. The monoisotopic (exact) mass is 156 g/mol. The van der Waals surface area contributed by atoms with Crippen LogP contribution in [0.3, 0.4) is 0 Å². The maximum Gasteiger partial charge on any atom is 0.0873 e. The molecule has 0 saturated carbocycles. The van der Waals surface area contributed by atoms with Crippen molar-refractivity contribution in [2.24, 2.45) is 5.92 Å². The maximum absolute atomic E-state index is 5.24. The summed E-state index contributed by atoms with van der Waals surface area (Å²) < 4.78 is 5.24. The third-order valence-electron chi connectivity index (χ3n) is 1.42. The molecule has 0 aliphatic carbocycles. The van der Waals surface area contributed by atoms with Crippen LogP contribution in [0.15, 0.2) is 12.3 Å². The average Bonchev–Trinajstić information content (AvgIpc) is 1.96. The molecule has 1 heteroatoms. The Morgan fingerprint density at radius 1 is 1.36 bits per heavy atom. The van der Waals surface area contributed by atoms with Crippen LogP contribution in [-0.4, -0.2) is 6.61 Å². The van der Waals surface area contributed by atoms with Gasteiger partial charge in [0.2, 0.25) is 0 Å². The SMILES string of the molecule is CCCCOC=CCC(C)C. The molecule has 0 unspecified atom stereocenters. The Bertz CT molecular complexity index is 95.0. The molecule has 0 rings (SSSR count). The first-order chi connectivity index (χ1) is 5.27. The van der Waals surface area contributed by atoms with E-state index in [2.05, 4.69) is 26.8 Å². The van der Waals surface area contributed by atoms with Crippen LogP contribution in [0.5, 0.6) is 0 Å². The summed E-state index contributed by atoms with van der Waals surface area (Å²) in [5.74, 6) is 0.737. The van der Waals surface area contributed by atoms with E-state index in [1.807, 2.05) is 6.26 Å². The van der Waals surface area contributed by atoms with Gasteiger partial charge in [-0.05, 0) is 24.8 Å². The predicted molar refractivity (Wildman–Crippen MR) is 49.5 cm³/mol. The fourth-order valence-electron chi connectivity index (χ4n) is 0.691. The average molecular weight is 156 g/mol. The van der Waals surface area contributed by atoms with Gasteiger partial charge in [0.25, 0.3) is 0 Å². The lowest BCUT2D eigenvalue weighted by molar-refractivity contribution is 0.242. The van der Waals surface area contributed by atoms with Gasteiger partial charge >= 0.3 is 0 Å². The van der Waals surface area contributed by atoms with Gasteiger partial charge in [-0.2, -0.15) is 0 Å². The highest BCUT2D eigenvalue weighted by Gasteiger charge is 1.86. The number of unbranched alkanes of at least 4 members (excludes halogenated alkanes) is 1. The Labute approximate surface area is 70.4 Å². The molecule has 0 aromatic carbocycles. The lowest BCUT2D eigenvalue weighted by atomic mass is 10.1. The normalized spacial score (nSPS) is 11.3. The number of hydrogen-bond acceptors (Lipinski definition) is 1. The second-order valence-corrected chi connectivity index (χ2v) is 3.23. The molecule has 0 amide bonds. The Kier molecular flexibility index (Phi) is 7.33. The van der Waals surface area contributed by atoms with Crippen molar-refractivity contribution >= 4 is 0 Å². The van der Waals surface area contributed by atoms with Gasteiger partial charge in [0.05, 0.1) is 12.9 Å². The highest BCUT2D eigenvalue weighted by molar-refractivity contribution is 4.74. The largest absolute Gasteiger partial charge is 0.502 e. The zero-order valence-corrected chi connectivity index (χ0v) is 7.97. The molecule has 1 nitrogen and oxygen atoms in total. The van der Waals surface area contributed by atoms with E-state index in [9.17, 15) is 0 Å². The molecule has 0 radical (unpaired) electrons. The molecule has 0 fully saturated rings. The molecule has 0 aromatic heterocycles. The lowest BCUT2D eigenvalue weighted by Gasteiger charge is -1.99. The first kappa shape index (κ1) is 10.5. The van der Waals surface area contributed by atoms with Crippen molar-refractivity contribution in [3.05, 3.63) is 12.3 Å². The highest BCUT2D eigenvalue weighted by Crippen LogP contribution is 1.99. The third-order valence-corrected chi connectivity index (χ3v) is 1.42. The van der Waals surface area contributed by atoms with E-state index in [-0.39, 0.29) is 0 Å². The number of rotatable bonds is 6. The molecular formula is C10H20O. The highest BCUT2D eigenvalue weighted by atomic mass is 16.5. The van der Waals surface area contributed by atoms with Crippen LogP contribution in [-0.2, 0) is 4.74 Å². The van der Waals surface area contributed by atoms with Gasteiger partial charge in [-0.1, -0.05) is 27.2 Å². The predicted octanol–water partition coefficient (Wildman–Crippen LogP) is 3.36. The summed E-state index contributed by atoms with van der Waals surface area (Å²) in [6.45, 7) is 7.44. The molecule has 0 atom stereocenters. The molecule has 0 N–H and O–H groups in total. The Hall–Kier alpha value is -0.460. The van der Waals surface area contributed by atoms with Gasteiger partial charge in [0, 0.05) is 0 Å². The number of allylic oxidation sites excluding steroid dienone is 1. The summed E-state index contributed by atoms with van der Waals surface area (Å²) in [5, 5.41) is 0. The minimum atomic E-state index is 0.737. The van der Waals surface area contributed by atoms with Crippen LogP contribution in [0.2, 0.25) is 0 Å². The van der Waals surface area contributed by atoms with Crippen molar-refractivity contribution in [1.29, 1.82) is 0 Å². The van der Waals surface area contributed by atoms with Crippen molar-refractivity contribution < 1.29 is 4.74 Å². The summed E-state index contributed by atoms with van der Waals surface area (Å²) in [6.07, 6.45) is 7.41. The van der Waals surface area contributed by atoms with Crippen LogP contribution in [0.4, 0.5) is 0 Å². The van der Waals surface area contributed by atoms with Crippen molar-refractivity contribution in [2.45, 2.75) is 40.0 Å². The van der Waals surface area contributed by atoms with Crippen molar-refractivity contribution in [3.63, 3.8) is 0 Å². The van der Waals surface area contributed by atoms with Gasteiger partial charge in [-0.25, -0.2) is 0 Å². The molecule has 0 aromatic rings. The third kappa shape index (κ3) is 9.54. The van der Waals surface area contributed by atoms with Gasteiger partial charge in [-0.3, -0.25) is 0 Å². The summed E-state index contributed by atoms with van der Waals surface area (Å²) >= 11 is 0. The van der Waals surface area contributed by atoms with Crippen molar-refractivity contribution in [1.82, 2.24) is 0 Å². The Balaban J connectivity index is 3.03. The maximum atomic E-state index is 5.24. The second kappa shape index (κ2) is 7.64. The molecule has 0 aliphatic heterocycles. The summed E-state index contributed by atoms with van der Waals surface area (Å²) in [5.41, 5.74) is 0. The van der Waals surface area contributed by atoms with E-state index >= 15 is 0 Å². The van der Waals surface area contributed by atoms with E-state index in [0.29, 0.717) is 0 Å². The van der Waals surface area contributed by atoms with Crippen molar-refractivity contribution in [2.75, 3.05) is 6.61 Å². The minimum Gasteiger partial charge on any atom is -0.502 e. The van der Waals surface area contributed by atoms with Gasteiger partial charge < -0.3 is 4.74 Å². The lowest BCUT2D eigenvalue weighted by Crippen LogP contribution is -1.86. The van der Waals surface area contributed by atoms with E-state index in [1.54, 1.807) is 0 Å². The van der Waals surface area contributed by atoms with Gasteiger partial charge in [0.1, 0.15) is 0 Å².